The van der Waals surface area contributed by atoms with Crippen molar-refractivity contribution in [3.05, 3.63) is 23.5 Å². The SMILES string of the molecule is CC1N=CC(C2=CN(C)C(C)N=C2)=CN1C. The summed E-state index contributed by atoms with van der Waals surface area (Å²) < 4.78 is 0. The molecule has 0 N–H and O–H groups in total. The molecule has 0 aliphatic carbocycles. The number of hydrogen-bond acceptors (Lipinski definition) is 4. The van der Waals surface area contributed by atoms with E-state index in [2.05, 4.69) is 46.0 Å². The third-order valence-electron chi connectivity index (χ3n) is 3.06. The summed E-state index contributed by atoms with van der Waals surface area (Å²) in [4.78, 5) is 13.0. The summed E-state index contributed by atoms with van der Waals surface area (Å²) in [6.07, 6.45) is 8.51. The topological polar surface area (TPSA) is 31.2 Å². The lowest BCUT2D eigenvalue weighted by Crippen LogP contribution is -2.29. The van der Waals surface area contributed by atoms with Gasteiger partial charge in [-0.15, -0.1) is 0 Å². The van der Waals surface area contributed by atoms with Crippen molar-refractivity contribution >= 4 is 12.4 Å². The number of rotatable bonds is 1. The summed E-state index contributed by atoms with van der Waals surface area (Å²) in [7, 11) is 4.07. The van der Waals surface area contributed by atoms with Gasteiger partial charge in [0.15, 0.2) is 0 Å². The van der Waals surface area contributed by atoms with Crippen LogP contribution in [0.3, 0.4) is 0 Å². The van der Waals surface area contributed by atoms with Gasteiger partial charge in [0, 0.05) is 50.1 Å². The van der Waals surface area contributed by atoms with Crippen molar-refractivity contribution in [2.24, 2.45) is 9.98 Å². The van der Waals surface area contributed by atoms with Crippen LogP contribution in [0.5, 0.6) is 0 Å². The summed E-state index contributed by atoms with van der Waals surface area (Å²) in [6.45, 7) is 4.14. The fourth-order valence-corrected chi connectivity index (χ4v) is 1.61. The Morgan fingerprint density at radius 2 is 1.25 bits per heavy atom. The molecule has 2 unspecified atom stereocenters. The second-order valence-electron chi connectivity index (χ2n) is 4.32. The second-order valence-corrected chi connectivity index (χ2v) is 4.32. The Morgan fingerprint density at radius 1 is 0.875 bits per heavy atom. The Hall–Kier alpha value is -1.58. The number of allylic oxidation sites excluding steroid dienone is 2. The minimum atomic E-state index is 0.224. The molecule has 4 heteroatoms. The molecular weight excluding hydrogens is 200 g/mol. The van der Waals surface area contributed by atoms with Crippen molar-refractivity contribution in [3.63, 3.8) is 0 Å². The van der Waals surface area contributed by atoms with Gasteiger partial charge in [0.2, 0.25) is 0 Å². The molecule has 2 rings (SSSR count). The minimum Gasteiger partial charge on any atom is -0.359 e. The Balaban J connectivity index is 2.22. The van der Waals surface area contributed by atoms with Gasteiger partial charge in [0.1, 0.15) is 12.3 Å². The molecule has 0 amide bonds. The lowest BCUT2D eigenvalue weighted by Gasteiger charge is -2.28. The van der Waals surface area contributed by atoms with E-state index in [9.17, 15) is 0 Å². The third kappa shape index (κ3) is 2.01. The summed E-state index contributed by atoms with van der Waals surface area (Å²) in [6, 6.07) is 0. The first kappa shape index (κ1) is 10.9. The van der Waals surface area contributed by atoms with Gasteiger partial charge in [-0.25, -0.2) is 0 Å². The molecule has 4 nitrogen and oxygen atoms in total. The van der Waals surface area contributed by atoms with E-state index in [0.717, 1.165) is 11.1 Å². The zero-order chi connectivity index (χ0) is 11.7. The molecule has 0 aromatic heterocycles. The van der Waals surface area contributed by atoms with Crippen LogP contribution in [-0.2, 0) is 0 Å². The molecule has 16 heavy (non-hydrogen) atoms. The highest BCUT2D eigenvalue weighted by Crippen LogP contribution is 2.17. The summed E-state index contributed by atoms with van der Waals surface area (Å²) in [5.41, 5.74) is 2.23. The average molecular weight is 218 g/mol. The van der Waals surface area contributed by atoms with E-state index in [1.807, 2.05) is 26.5 Å². The molecule has 2 aliphatic rings. The lowest BCUT2D eigenvalue weighted by atomic mass is 10.1. The predicted octanol–water partition coefficient (Wildman–Crippen LogP) is 1.48. The van der Waals surface area contributed by atoms with E-state index in [1.165, 1.54) is 0 Å². The van der Waals surface area contributed by atoms with Crippen molar-refractivity contribution in [2.45, 2.75) is 26.2 Å². The molecule has 0 spiro atoms. The Kier molecular flexibility index (Phi) is 2.81. The van der Waals surface area contributed by atoms with Crippen LogP contribution in [0.4, 0.5) is 0 Å². The molecule has 2 heterocycles. The molecule has 0 saturated carbocycles. The summed E-state index contributed by atoms with van der Waals surface area (Å²) >= 11 is 0. The van der Waals surface area contributed by atoms with Crippen molar-refractivity contribution in [2.75, 3.05) is 14.1 Å². The number of hydrogen-bond donors (Lipinski definition) is 0. The molecule has 0 radical (unpaired) electrons. The molecule has 0 saturated heterocycles. The third-order valence-corrected chi connectivity index (χ3v) is 3.06. The largest absolute Gasteiger partial charge is 0.359 e. The first-order valence-electron chi connectivity index (χ1n) is 5.52. The van der Waals surface area contributed by atoms with Crippen molar-refractivity contribution in [1.29, 1.82) is 0 Å². The Labute approximate surface area is 96.7 Å². The highest BCUT2D eigenvalue weighted by atomic mass is 15.2. The highest BCUT2D eigenvalue weighted by molar-refractivity contribution is 5.99. The zero-order valence-electron chi connectivity index (χ0n) is 10.3. The summed E-state index contributed by atoms with van der Waals surface area (Å²) in [5.74, 6) is 0. The van der Waals surface area contributed by atoms with Gasteiger partial charge in [-0.2, -0.15) is 0 Å². The maximum absolute atomic E-state index is 4.42. The molecule has 0 bridgehead atoms. The molecular formula is C12H18N4. The fraction of sp³-hybridized carbons (Fsp3) is 0.500. The van der Waals surface area contributed by atoms with Crippen LogP contribution in [0.2, 0.25) is 0 Å². The quantitative estimate of drug-likeness (QED) is 0.667. The molecule has 86 valence electrons. The maximum Gasteiger partial charge on any atom is 0.117 e. The molecule has 0 aromatic rings. The van der Waals surface area contributed by atoms with Crippen LogP contribution in [0.15, 0.2) is 33.5 Å². The average Bonchev–Trinajstić information content (AvgIpc) is 2.26. The van der Waals surface area contributed by atoms with E-state index < -0.39 is 0 Å². The monoisotopic (exact) mass is 218 g/mol. The lowest BCUT2D eigenvalue weighted by molar-refractivity contribution is 0.353. The number of nitrogens with zero attached hydrogens (tertiary/aromatic N) is 4. The van der Waals surface area contributed by atoms with Crippen molar-refractivity contribution < 1.29 is 0 Å². The van der Waals surface area contributed by atoms with E-state index in [1.54, 1.807) is 0 Å². The van der Waals surface area contributed by atoms with Gasteiger partial charge in [0.25, 0.3) is 0 Å². The first-order valence-corrected chi connectivity index (χ1v) is 5.52. The Bertz CT molecular complexity index is 354. The standard InChI is InChI=1S/C12H18N4/c1-9-13-5-11(7-15(9)3)12-6-14-10(2)16(4)8-12/h5-10H,1-4H3. The van der Waals surface area contributed by atoms with Gasteiger partial charge >= 0.3 is 0 Å². The van der Waals surface area contributed by atoms with Gasteiger partial charge < -0.3 is 9.80 Å². The molecule has 0 aromatic carbocycles. The maximum atomic E-state index is 4.42. The van der Waals surface area contributed by atoms with Gasteiger partial charge in [0.05, 0.1) is 0 Å². The minimum absolute atomic E-state index is 0.224. The van der Waals surface area contributed by atoms with Crippen molar-refractivity contribution in [3.8, 4) is 0 Å². The van der Waals surface area contributed by atoms with Crippen LogP contribution in [0.1, 0.15) is 13.8 Å². The smallest absolute Gasteiger partial charge is 0.117 e. The van der Waals surface area contributed by atoms with E-state index in [4.69, 9.17) is 0 Å². The predicted molar refractivity (Wildman–Crippen MR) is 67.6 cm³/mol. The summed E-state index contributed by atoms with van der Waals surface area (Å²) in [5, 5.41) is 0. The first-order chi connectivity index (χ1) is 7.58. The second kappa shape index (κ2) is 4.12. The molecule has 2 atom stereocenters. The normalized spacial score (nSPS) is 29.2. The van der Waals surface area contributed by atoms with Gasteiger partial charge in [-0.1, -0.05) is 0 Å². The van der Waals surface area contributed by atoms with E-state index >= 15 is 0 Å². The van der Waals surface area contributed by atoms with Gasteiger partial charge in [-0.3, -0.25) is 9.98 Å². The van der Waals surface area contributed by atoms with Gasteiger partial charge in [-0.05, 0) is 13.8 Å². The van der Waals surface area contributed by atoms with Crippen molar-refractivity contribution in [1.82, 2.24) is 9.80 Å². The zero-order valence-corrected chi connectivity index (χ0v) is 10.3. The fourth-order valence-electron chi connectivity index (χ4n) is 1.61. The molecule has 2 aliphatic heterocycles. The Morgan fingerprint density at radius 3 is 1.56 bits per heavy atom. The number of aliphatic imine (C=N–C) groups is 2. The van der Waals surface area contributed by atoms with Crippen LogP contribution < -0.4 is 0 Å². The van der Waals surface area contributed by atoms with E-state index in [-0.39, 0.29) is 12.3 Å². The van der Waals surface area contributed by atoms with Crippen LogP contribution in [0.25, 0.3) is 0 Å². The van der Waals surface area contributed by atoms with Crippen LogP contribution in [-0.4, -0.2) is 48.7 Å². The van der Waals surface area contributed by atoms with Crippen LogP contribution in [0, 0.1) is 0 Å². The van der Waals surface area contributed by atoms with E-state index in [0.29, 0.717) is 0 Å². The molecule has 0 fully saturated rings. The highest BCUT2D eigenvalue weighted by Gasteiger charge is 2.15. The van der Waals surface area contributed by atoms with Crippen LogP contribution >= 0.6 is 0 Å².